The average Bonchev–Trinajstić information content (AvgIpc) is 2.70. The lowest BCUT2D eigenvalue weighted by molar-refractivity contribution is 0.637. The first-order valence-corrected chi connectivity index (χ1v) is 7.09. The van der Waals surface area contributed by atoms with Gasteiger partial charge in [0.25, 0.3) is 5.56 Å². The zero-order valence-corrected chi connectivity index (χ0v) is 13.2. The molecule has 0 N–H and O–H groups in total. The van der Waals surface area contributed by atoms with Gasteiger partial charge in [-0.05, 0) is 41.4 Å². The molecule has 0 amide bonds. The Balaban J connectivity index is 2.54. The van der Waals surface area contributed by atoms with Crippen molar-refractivity contribution in [2.24, 2.45) is 7.05 Å². The van der Waals surface area contributed by atoms with Crippen LogP contribution in [0.3, 0.4) is 0 Å². The summed E-state index contributed by atoms with van der Waals surface area (Å²) < 4.78 is 4.30. The first-order chi connectivity index (χ1) is 9.49. The molecule has 0 aliphatic carbocycles. The molecule has 20 heavy (non-hydrogen) atoms. The summed E-state index contributed by atoms with van der Waals surface area (Å²) in [5.41, 5.74) is 2.59. The predicted octanol–water partition coefficient (Wildman–Crippen LogP) is 2.14. The molecule has 0 atom stereocenters. The number of pyridine rings is 1. The van der Waals surface area contributed by atoms with Crippen molar-refractivity contribution in [3.63, 3.8) is 0 Å². The average molecular weight is 335 g/mol. The minimum absolute atomic E-state index is 0.157. The van der Waals surface area contributed by atoms with Crippen LogP contribution in [0.25, 0.3) is 0 Å². The van der Waals surface area contributed by atoms with Crippen LogP contribution in [0, 0.1) is 18.3 Å². The Bertz CT molecular complexity index is 752. The zero-order chi connectivity index (χ0) is 14.9. The molecule has 2 heterocycles. The largest absolute Gasteiger partial charge is 0.306 e. The standard InChI is InChI=1S/C14H15BrN4O/c1-4-11-13(15)12(18(3)17-11)8-19-9(2)5-6-10(7-16)14(19)20/h5-6H,4,8H2,1-3H3. The van der Waals surface area contributed by atoms with Gasteiger partial charge in [-0.3, -0.25) is 9.48 Å². The summed E-state index contributed by atoms with van der Waals surface area (Å²) in [6.45, 7) is 4.28. The Morgan fingerprint density at radius 3 is 2.70 bits per heavy atom. The Kier molecular flexibility index (Phi) is 4.09. The van der Waals surface area contributed by atoms with E-state index < -0.39 is 0 Å². The van der Waals surface area contributed by atoms with Gasteiger partial charge >= 0.3 is 0 Å². The number of aryl methyl sites for hydroxylation is 3. The third kappa shape index (κ3) is 2.41. The van der Waals surface area contributed by atoms with E-state index in [1.165, 1.54) is 0 Å². The summed E-state index contributed by atoms with van der Waals surface area (Å²) in [4.78, 5) is 12.2. The molecule has 2 rings (SSSR count). The molecule has 0 saturated carbocycles. The van der Waals surface area contributed by atoms with Gasteiger partial charge in [0.1, 0.15) is 11.6 Å². The molecule has 0 bridgehead atoms. The molecule has 0 saturated heterocycles. The van der Waals surface area contributed by atoms with Crippen LogP contribution in [0.15, 0.2) is 21.4 Å². The molecular formula is C14H15BrN4O. The lowest BCUT2D eigenvalue weighted by Crippen LogP contribution is -2.25. The number of aromatic nitrogens is 3. The van der Waals surface area contributed by atoms with Crippen molar-refractivity contribution in [1.82, 2.24) is 14.3 Å². The lowest BCUT2D eigenvalue weighted by Gasteiger charge is -2.10. The van der Waals surface area contributed by atoms with Crippen LogP contribution in [0.4, 0.5) is 0 Å². The predicted molar refractivity (Wildman–Crippen MR) is 79.5 cm³/mol. The highest BCUT2D eigenvalue weighted by atomic mass is 79.9. The minimum Gasteiger partial charge on any atom is -0.306 e. The monoisotopic (exact) mass is 334 g/mol. The van der Waals surface area contributed by atoms with Gasteiger partial charge in [-0.15, -0.1) is 0 Å². The van der Waals surface area contributed by atoms with Crippen LogP contribution in [0.2, 0.25) is 0 Å². The number of nitrogens with zero attached hydrogens (tertiary/aromatic N) is 4. The van der Waals surface area contributed by atoms with Crippen molar-refractivity contribution in [2.75, 3.05) is 0 Å². The third-order valence-electron chi connectivity index (χ3n) is 3.32. The van der Waals surface area contributed by atoms with Gasteiger partial charge in [0.15, 0.2) is 0 Å². The number of halogens is 1. The second kappa shape index (κ2) is 5.63. The van der Waals surface area contributed by atoms with Crippen molar-refractivity contribution in [3.05, 3.63) is 49.6 Å². The summed E-state index contributed by atoms with van der Waals surface area (Å²) in [7, 11) is 1.85. The van der Waals surface area contributed by atoms with Crippen LogP contribution < -0.4 is 5.56 Å². The second-order valence-corrected chi connectivity index (χ2v) is 5.37. The maximum Gasteiger partial charge on any atom is 0.269 e. The molecule has 0 radical (unpaired) electrons. The van der Waals surface area contributed by atoms with E-state index in [0.29, 0.717) is 6.54 Å². The quantitative estimate of drug-likeness (QED) is 0.863. The van der Waals surface area contributed by atoms with Crippen molar-refractivity contribution in [2.45, 2.75) is 26.8 Å². The normalized spacial score (nSPS) is 10.6. The first kappa shape index (κ1) is 14.5. The van der Waals surface area contributed by atoms with Crippen LogP contribution >= 0.6 is 15.9 Å². The molecular weight excluding hydrogens is 320 g/mol. The summed E-state index contributed by atoms with van der Waals surface area (Å²) >= 11 is 3.54. The molecule has 0 aromatic carbocycles. The van der Waals surface area contributed by atoms with E-state index in [2.05, 4.69) is 21.0 Å². The molecule has 0 unspecified atom stereocenters. The zero-order valence-electron chi connectivity index (χ0n) is 11.6. The van der Waals surface area contributed by atoms with Crippen molar-refractivity contribution in [3.8, 4) is 6.07 Å². The van der Waals surface area contributed by atoms with E-state index in [9.17, 15) is 4.79 Å². The molecule has 6 heteroatoms. The fraction of sp³-hybridized carbons (Fsp3) is 0.357. The molecule has 104 valence electrons. The van der Waals surface area contributed by atoms with Crippen molar-refractivity contribution < 1.29 is 0 Å². The van der Waals surface area contributed by atoms with Gasteiger partial charge in [0.2, 0.25) is 0 Å². The van der Waals surface area contributed by atoms with Crippen molar-refractivity contribution in [1.29, 1.82) is 5.26 Å². The molecule has 2 aromatic rings. The third-order valence-corrected chi connectivity index (χ3v) is 4.24. The summed E-state index contributed by atoms with van der Waals surface area (Å²) in [5.74, 6) is 0. The summed E-state index contributed by atoms with van der Waals surface area (Å²) in [5, 5.41) is 13.4. The van der Waals surface area contributed by atoms with E-state index >= 15 is 0 Å². The Labute approximate surface area is 125 Å². The number of hydrogen-bond donors (Lipinski definition) is 0. The highest BCUT2D eigenvalue weighted by Gasteiger charge is 2.15. The van der Waals surface area contributed by atoms with Gasteiger partial charge < -0.3 is 4.57 Å². The summed E-state index contributed by atoms with van der Waals surface area (Å²) in [6.07, 6.45) is 0.820. The highest BCUT2D eigenvalue weighted by molar-refractivity contribution is 9.10. The lowest BCUT2D eigenvalue weighted by atomic mass is 10.2. The molecule has 5 nitrogen and oxygen atoms in total. The van der Waals surface area contributed by atoms with Crippen LogP contribution in [0.1, 0.15) is 29.6 Å². The maximum absolute atomic E-state index is 12.2. The fourth-order valence-corrected chi connectivity index (χ4v) is 2.84. The Hall–Kier alpha value is -1.87. The molecule has 0 aliphatic rings. The SMILES string of the molecule is CCc1nn(C)c(Cn2c(C)ccc(C#N)c2=O)c1Br. The topological polar surface area (TPSA) is 63.6 Å². The van der Waals surface area contributed by atoms with E-state index in [1.54, 1.807) is 21.4 Å². The van der Waals surface area contributed by atoms with E-state index in [-0.39, 0.29) is 11.1 Å². The van der Waals surface area contributed by atoms with E-state index in [0.717, 1.165) is 28.0 Å². The van der Waals surface area contributed by atoms with E-state index in [4.69, 9.17) is 5.26 Å². The Morgan fingerprint density at radius 2 is 2.15 bits per heavy atom. The smallest absolute Gasteiger partial charge is 0.269 e. The van der Waals surface area contributed by atoms with Crippen LogP contribution in [-0.2, 0) is 20.0 Å². The number of nitriles is 1. The summed E-state index contributed by atoms with van der Waals surface area (Å²) in [6, 6.07) is 5.27. The van der Waals surface area contributed by atoms with Crippen molar-refractivity contribution >= 4 is 15.9 Å². The maximum atomic E-state index is 12.2. The minimum atomic E-state index is -0.265. The van der Waals surface area contributed by atoms with Crippen LogP contribution in [-0.4, -0.2) is 14.3 Å². The van der Waals surface area contributed by atoms with Crippen LogP contribution in [0.5, 0.6) is 0 Å². The van der Waals surface area contributed by atoms with Gasteiger partial charge in [-0.2, -0.15) is 10.4 Å². The Morgan fingerprint density at radius 1 is 1.45 bits per heavy atom. The highest BCUT2D eigenvalue weighted by Crippen LogP contribution is 2.22. The van der Waals surface area contributed by atoms with Gasteiger partial charge in [0.05, 0.1) is 22.4 Å². The second-order valence-electron chi connectivity index (χ2n) is 4.58. The van der Waals surface area contributed by atoms with E-state index in [1.807, 2.05) is 27.0 Å². The number of hydrogen-bond acceptors (Lipinski definition) is 3. The number of rotatable bonds is 3. The molecule has 0 aliphatic heterocycles. The van der Waals surface area contributed by atoms with Gasteiger partial charge in [-0.25, -0.2) is 0 Å². The molecule has 0 fully saturated rings. The molecule has 2 aromatic heterocycles. The van der Waals surface area contributed by atoms with Gasteiger partial charge in [0, 0.05) is 12.7 Å². The fourth-order valence-electron chi connectivity index (χ4n) is 2.09. The van der Waals surface area contributed by atoms with Gasteiger partial charge in [-0.1, -0.05) is 6.92 Å². The first-order valence-electron chi connectivity index (χ1n) is 6.30. The molecule has 0 spiro atoms.